The monoisotopic (exact) mass is 487 g/mol. The number of hydrogen-bond acceptors (Lipinski definition) is 4. The Balaban J connectivity index is 1.26. The molecule has 0 saturated carbocycles. The first-order valence-electron chi connectivity index (χ1n) is 11.5. The van der Waals surface area contributed by atoms with E-state index >= 15 is 0 Å². The van der Waals surface area contributed by atoms with Crippen molar-refractivity contribution in [3.05, 3.63) is 94.2 Å². The largest absolute Gasteiger partial charge is 0.463 e. The summed E-state index contributed by atoms with van der Waals surface area (Å²) >= 11 is 6.05. The van der Waals surface area contributed by atoms with Crippen molar-refractivity contribution >= 4 is 28.5 Å². The maximum absolute atomic E-state index is 13.4. The summed E-state index contributed by atoms with van der Waals surface area (Å²) in [6.07, 6.45) is 2.97. The predicted octanol–water partition coefficient (Wildman–Crippen LogP) is 4.91. The van der Waals surface area contributed by atoms with Crippen LogP contribution in [-0.4, -0.2) is 43.2 Å². The van der Waals surface area contributed by atoms with Gasteiger partial charge in [0, 0.05) is 30.2 Å². The minimum atomic E-state index is -0.143. The molecule has 1 saturated heterocycles. The molecule has 0 aliphatic carbocycles. The van der Waals surface area contributed by atoms with Crippen LogP contribution in [0.15, 0.2) is 82.2 Å². The van der Waals surface area contributed by atoms with Crippen molar-refractivity contribution in [3.8, 4) is 17.1 Å². The summed E-state index contributed by atoms with van der Waals surface area (Å²) in [4.78, 5) is 30.7. The molecule has 0 spiro atoms. The van der Waals surface area contributed by atoms with Crippen molar-refractivity contribution in [2.75, 3.05) is 13.1 Å². The van der Waals surface area contributed by atoms with E-state index in [0.29, 0.717) is 48.1 Å². The highest BCUT2D eigenvalue weighted by atomic mass is 35.5. The highest BCUT2D eigenvalue weighted by Gasteiger charge is 2.29. The minimum Gasteiger partial charge on any atom is -0.463 e. The number of H-pyrrole nitrogens is 1. The number of nitrogens with zero attached hydrogens (tertiary/aromatic N) is 4. The Hall–Kier alpha value is -4.04. The zero-order chi connectivity index (χ0) is 23.9. The summed E-state index contributed by atoms with van der Waals surface area (Å²) in [7, 11) is 0. The van der Waals surface area contributed by atoms with Crippen LogP contribution in [0.1, 0.15) is 29.4 Å². The van der Waals surface area contributed by atoms with Crippen LogP contribution in [0.3, 0.4) is 0 Å². The highest BCUT2D eigenvalue weighted by Crippen LogP contribution is 2.28. The number of para-hydroxylation sites is 2. The van der Waals surface area contributed by atoms with E-state index in [4.69, 9.17) is 16.0 Å². The van der Waals surface area contributed by atoms with Crippen molar-refractivity contribution in [2.45, 2.75) is 18.9 Å². The fourth-order valence-electron chi connectivity index (χ4n) is 4.79. The first kappa shape index (κ1) is 21.5. The lowest BCUT2D eigenvalue weighted by atomic mass is 10.0. The highest BCUT2D eigenvalue weighted by molar-refractivity contribution is 6.30. The lowest BCUT2D eigenvalue weighted by Crippen LogP contribution is -2.40. The number of carbonyl (C=O) groups is 1. The number of amides is 1. The van der Waals surface area contributed by atoms with Crippen LogP contribution >= 0.6 is 11.6 Å². The summed E-state index contributed by atoms with van der Waals surface area (Å²) in [5.74, 6) is 0.471. The number of rotatable bonds is 4. The molecular weight excluding hydrogens is 466 g/mol. The Morgan fingerprint density at radius 1 is 1.03 bits per heavy atom. The van der Waals surface area contributed by atoms with Gasteiger partial charge in [-0.25, -0.2) is 9.48 Å². The third kappa shape index (κ3) is 3.85. The molecule has 6 rings (SSSR count). The molecule has 2 aromatic carbocycles. The van der Waals surface area contributed by atoms with Crippen molar-refractivity contribution in [2.24, 2.45) is 0 Å². The van der Waals surface area contributed by atoms with E-state index in [0.717, 1.165) is 16.7 Å². The SMILES string of the molecule is O=C(c1cc(-c2ccco2)n(-c2ccc(Cl)cc2)n1)N1CCC(n2c(=O)[nH]c3ccccc32)CC1. The summed E-state index contributed by atoms with van der Waals surface area (Å²) in [6.45, 7) is 1.08. The van der Waals surface area contributed by atoms with E-state index in [1.165, 1.54) is 0 Å². The van der Waals surface area contributed by atoms with Gasteiger partial charge < -0.3 is 14.3 Å². The minimum absolute atomic E-state index is 0.0352. The summed E-state index contributed by atoms with van der Waals surface area (Å²) in [5, 5.41) is 5.25. The number of carbonyl (C=O) groups excluding carboxylic acids is 1. The fourth-order valence-corrected chi connectivity index (χ4v) is 4.92. The standard InChI is InChI=1S/C26H22ClN5O3/c27-17-7-9-19(10-8-17)32-23(24-6-3-15-35-24)16-21(29-32)25(33)30-13-11-18(12-14-30)31-22-5-2-1-4-20(22)28-26(31)34/h1-10,15-16,18H,11-14H2,(H,28,34). The Morgan fingerprint density at radius 3 is 2.54 bits per heavy atom. The fraction of sp³-hybridized carbons (Fsp3) is 0.192. The maximum atomic E-state index is 13.4. The van der Waals surface area contributed by atoms with Gasteiger partial charge in [0.25, 0.3) is 5.91 Å². The van der Waals surface area contributed by atoms with Gasteiger partial charge in [-0.3, -0.25) is 9.36 Å². The van der Waals surface area contributed by atoms with Crippen LogP contribution in [-0.2, 0) is 0 Å². The van der Waals surface area contributed by atoms with Crippen molar-refractivity contribution in [1.29, 1.82) is 0 Å². The summed E-state index contributed by atoms with van der Waals surface area (Å²) < 4.78 is 9.11. The molecule has 1 amide bonds. The molecule has 176 valence electrons. The second-order valence-corrected chi connectivity index (χ2v) is 9.06. The molecule has 1 fully saturated rings. The summed E-state index contributed by atoms with van der Waals surface area (Å²) in [6, 6.07) is 20.4. The first-order valence-corrected chi connectivity index (χ1v) is 11.8. The number of aromatic nitrogens is 4. The molecular formula is C26H22ClN5O3. The number of imidazole rings is 1. The lowest BCUT2D eigenvalue weighted by Gasteiger charge is -2.32. The molecule has 9 heteroatoms. The molecule has 4 heterocycles. The average Bonchev–Trinajstić information content (AvgIpc) is 3.62. The predicted molar refractivity (Wildman–Crippen MR) is 133 cm³/mol. The lowest BCUT2D eigenvalue weighted by molar-refractivity contribution is 0.0688. The van der Waals surface area contributed by atoms with E-state index in [1.807, 2.05) is 47.0 Å². The molecule has 0 unspecified atom stereocenters. The number of aromatic amines is 1. The van der Waals surface area contributed by atoms with Gasteiger partial charge in [-0.2, -0.15) is 5.10 Å². The second kappa shape index (κ2) is 8.63. The van der Waals surface area contributed by atoms with Gasteiger partial charge in [0.15, 0.2) is 11.5 Å². The number of nitrogens with one attached hydrogen (secondary N) is 1. The molecule has 0 radical (unpaired) electrons. The number of furan rings is 1. The van der Waals surface area contributed by atoms with Crippen LogP contribution in [0, 0.1) is 0 Å². The average molecular weight is 488 g/mol. The van der Waals surface area contributed by atoms with Crippen molar-refractivity contribution in [3.63, 3.8) is 0 Å². The first-order chi connectivity index (χ1) is 17.1. The van der Waals surface area contributed by atoms with Gasteiger partial charge in [-0.15, -0.1) is 0 Å². The second-order valence-electron chi connectivity index (χ2n) is 8.62. The maximum Gasteiger partial charge on any atom is 0.326 e. The van der Waals surface area contributed by atoms with E-state index in [-0.39, 0.29) is 17.6 Å². The smallest absolute Gasteiger partial charge is 0.326 e. The molecule has 5 aromatic rings. The number of benzene rings is 2. The molecule has 35 heavy (non-hydrogen) atoms. The third-order valence-electron chi connectivity index (χ3n) is 6.51. The Labute approximate surface area is 205 Å². The van der Waals surface area contributed by atoms with Crippen molar-refractivity contribution < 1.29 is 9.21 Å². The molecule has 1 N–H and O–H groups in total. The number of piperidine rings is 1. The number of halogens is 1. The van der Waals surface area contributed by atoms with E-state index in [9.17, 15) is 9.59 Å². The van der Waals surface area contributed by atoms with Crippen LogP contribution in [0.2, 0.25) is 5.02 Å². The van der Waals surface area contributed by atoms with Gasteiger partial charge in [-0.05, 0) is 61.4 Å². The van der Waals surface area contributed by atoms with Gasteiger partial charge in [0.05, 0.1) is 23.0 Å². The van der Waals surface area contributed by atoms with Gasteiger partial charge in [-0.1, -0.05) is 23.7 Å². The Morgan fingerprint density at radius 2 is 1.80 bits per heavy atom. The van der Waals surface area contributed by atoms with Gasteiger partial charge in [0.1, 0.15) is 5.69 Å². The molecule has 3 aromatic heterocycles. The molecule has 0 atom stereocenters. The summed E-state index contributed by atoms with van der Waals surface area (Å²) in [5.41, 5.74) is 3.41. The Bertz CT molecular complexity index is 1550. The Kier molecular flexibility index (Phi) is 5.30. The molecule has 0 bridgehead atoms. The van der Waals surface area contributed by atoms with E-state index < -0.39 is 0 Å². The van der Waals surface area contributed by atoms with E-state index in [1.54, 1.807) is 40.1 Å². The van der Waals surface area contributed by atoms with Crippen LogP contribution in [0.5, 0.6) is 0 Å². The normalized spacial score (nSPS) is 14.6. The van der Waals surface area contributed by atoms with E-state index in [2.05, 4.69) is 10.1 Å². The third-order valence-corrected chi connectivity index (χ3v) is 6.77. The quantitative estimate of drug-likeness (QED) is 0.390. The van der Waals surface area contributed by atoms with Crippen LogP contribution < -0.4 is 5.69 Å². The molecule has 1 aliphatic heterocycles. The molecule has 1 aliphatic rings. The zero-order valence-corrected chi connectivity index (χ0v) is 19.5. The molecule has 8 nitrogen and oxygen atoms in total. The van der Waals surface area contributed by atoms with Gasteiger partial charge in [0.2, 0.25) is 0 Å². The number of hydrogen-bond donors (Lipinski definition) is 1. The van der Waals surface area contributed by atoms with Gasteiger partial charge >= 0.3 is 5.69 Å². The van der Waals surface area contributed by atoms with Crippen LogP contribution in [0.25, 0.3) is 28.2 Å². The topological polar surface area (TPSA) is 89.1 Å². The number of fused-ring (bicyclic) bond motifs is 1. The van der Waals surface area contributed by atoms with Crippen LogP contribution in [0.4, 0.5) is 0 Å². The number of likely N-dealkylation sites (tertiary alicyclic amines) is 1. The zero-order valence-electron chi connectivity index (χ0n) is 18.7. The van der Waals surface area contributed by atoms with Crippen molar-refractivity contribution in [1.82, 2.24) is 24.2 Å².